The van der Waals surface area contributed by atoms with E-state index >= 15 is 0 Å². The number of nitrogens with one attached hydrogen (secondary N) is 1. The van der Waals surface area contributed by atoms with E-state index in [4.69, 9.17) is 16.0 Å². The first-order valence-electron chi connectivity index (χ1n) is 9.49. The Morgan fingerprint density at radius 3 is 2.39 bits per heavy atom. The van der Waals surface area contributed by atoms with Crippen LogP contribution in [0.25, 0.3) is 0 Å². The molecule has 2 aromatic rings. The molecule has 1 aromatic carbocycles. The van der Waals surface area contributed by atoms with Crippen molar-refractivity contribution in [3.63, 3.8) is 0 Å². The first kappa shape index (κ1) is 23.0. The van der Waals surface area contributed by atoms with E-state index in [2.05, 4.69) is 4.72 Å². The molecule has 1 fully saturated rings. The standard InChI is InChI=1S/C19H23ClN4O6S/c1-19(2,3)21-31(28,29)17-7-6-16(30-17)18(25)23-10-8-22(9-11-23)14-5-4-13(20)12-15(14)24(26)27/h4-7,12,21H,8-11H2,1-3H3. The third kappa shape index (κ3) is 5.35. The Morgan fingerprint density at radius 1 is 1.16 bits per heavy atom. The predicted octanol–water partition coefficient (Wildman–Crippen LogP) is 2.88. The fourth-order valence-corrected chi connectivity index (χ4v) is 4.77. The summed E-state index contributed by atoms with van der Waals surface area (Å²) in [4.78, 5) is 26.9. The third-order valence-electron chi connectivity index (χ3n) is 4.54. The monoisotopic (exact) mass is 470 g/mol. The van der Waals surface area contributed by atoms with E-state index in [1.54, 1.807) is 32.9 Å². The Bertz CT molecular complexity index is 1100. The molecule has 0 spiro atoms. The summed E-state index contributed by atoms with van der Waals surface area (Å²) < 4.78 is 32.5. The number of nitro benzene ring substituents is 1. The van der Waals surface area contributed by atoms with Gasteiger partial charge in [-0.2, -0.15) is 0 Å². The van der Waals surface area contributed by atoms with Crippen LogP contribution in [0.3, 0.4) is 0 Å². The van der Waals surface area contributed by atoms with Gasteiger partial charge in [0.1, 0.15) is 5.69 Å². The van der Waals surface area contributed by atoms with Crippen molar-refractivity contribution >= 4 is 38.9 Å². The van der Waals surface area contributed by atoms with Crippen molar-refractivity contribution in [3.8, 4) is 0 Å². The average Bonchev–Trinajstić information content (AvgIpc) is 3.17. The number of nitro groups is 1. The number of carbonyl (C=O) groups excluding carboxylic acids is 1. The molecule has 168 valence electrons. The van der Waals surface area contributed by atoms with Gasteiger partial charge in [-0.05, 0) is 45.0 Å². The molecule has 1 aromatic heterocycles. The maximum Gasteiger partial charge on any atom is 0.294 e. The van der Waals surface area contributed by atoms with Gasteiger partial charge in [-0.25, -0.2) is 13.1 Å². The van der Waals surface area contributed by atoms with Crippen LogP contribution in [0.15, 0.2) is 39.8 Å². The van der Waals surface area contributed by atoms with Gasteiger partial charge in [0.25, 0.3) is 21.6 Å². The summed E-state index contributed by atoms with van der Waals surface area (Å²) in [5.74, 6) is -0.525. The number of amides is 1. The van der Waals surface area contributed by atoms with Crippen LogP contribution in [0.4, 0.5) is 11.4 Å². The second-order valence-corrected chi connectivity index (χ2v) is 10.2. The lowest BCUT2D eigenvalue weighted by atomic mass is 10.1. The second kappa shape index (κ2) is 8.48. The largest absolute Gasteiger partial charge is 0.438 e. The molecule has 1 amide bonds. The van der Waals surface area contributed by atoms with Gasteiger partial charge in [0, 0.05) is 42.8 Å². The van der Waals surface area contributed by atoms with Crippen LogP contribution < -0.4 is 9.62 Å². The Hall–Kier alpha value is -2.63. The summed E-state index contributed by atoms with van der Waals surface area (Å²) >= 11 is 5.87. The number of hydrogen-bond donors (Lipinski definition) is 1. The molecule has 2 heterocycles. The van der Waals surface area contributed by atoms with Gasteiger partial charge in [-0.1, -0.05) is 11.6 Å². The van der Waals surface area contributed by atoms with Crippen LogP contribution in [-0.2, 0) is 10.0 Å². The lowest BCUT2D eigenvalue weighted by Crippen LogP contribution is -2.48. The lowest BCUT2D eigenvalue weighted by Gasteiger charge is -2.35. The van der Waals surface area contributed by atoms with E-state index in [9.17, 15) is 23.3 Å². The molecule has 10 nitrogen and oxygen atoms in total. The molecule has 0 atom stereocenters. The first-order valence-corrected chi connectivity index (χ1v) is 11.4. The summed E-state index contributed by atoms with van der Waals surface area (Å²) in [5.41, 5.74) is -0.364. The van der Waals surface area contributed by atoms with E-state index in [1.807, 2.05) is 4.90 Å². The minimum Gasteiger partial charge on any atom is -0.438 e. The summed E-state index contributed by atoms with van der Waals surface area (Å²) in [6.07, 6.45) is 0. The number of benzene rings is 1. The van der Waals surface area contributed by atoms with Crippen molar-refractivity contribution in [2.24, 2.45) is 0 Å². The number of hydrogen-bond acceptors (Lipinski definition) is 7. The van der Waals surface area contributed by atoms with Gasteiger partial charge in [0.2, 0.25) is 5.09 Å². The topological polar surface area (TPSA) is 126 Å². The van der Waals surface area contributed by atoms with Crippen LogP contribution in [-0.4, -0.2) is 55.9 Å². The van der Waals surface area contributed by atoms with E-state index < -0.39 is 26.4 Å². The molecule has 1 aliphatic heterocycles. The van der Waals surface area contributed by atoms with Gasteiger partial charge in [0.05, 0.1) is 4.92 Å². The summed E-state index contributed by atoms with van der Waals surface area (Å²) in [7, 11) is -3.89. The maximum atomic E-state index is 12.8. The second-order valence-electron chi connectivity index (χ2n) is 8.14. The quantitative estimate of drug-likeness (QED) is 0.525. The fourth-order valence-electron chi connectivity index (χ4n) is 3.25. The molecule has 0 aliphatic carbocycles. The number of sulfonamides is 1. The van der Waals surface area contributed by atoms with E-state index in [1.165, 1.54) is 23.1 Å². The lowest BCUT2D eigenvalue weighted by molar-refractivity contribution is -0.384. The number of anilines is 1. The molecule has 12 heteroatoms. The van der Waals surface area contributed by atoms with E-state index in [0.717, 1.165) is 0 Å². The molecular weight excluding hydrogens is 448 g/mol. The van der Waals surface area contributed by atoms with Crippen molar-refractivity contribution < 1.29 is 22.6 Å². The van der Waals surface area contributed by atoms with Crippen molar-refractivity contribution in [1.29, 1.82) is 0 Å². The van der Waals surface area contributed by atoms with Gasteiger partial charge in [-0.15, -0.1) is 0 Å². The zero-order valence-corrected chi connectivity index (χ0v) is 18.9. The van der Waals surface area contributed by atoms with Crippen LogP contribution >= 0.6 is 11.6 Å². The van der Waals surface area contributed by atoms with Crippen LogP contribution in [0.5, 0.6) is 0 Å². The number of rotatable bonds is 5. The van der Waals surface area contributed by atoms with Gasteiger partial charge in [0.15, 0.2) is 5.76 Å². The van der Waals surface area contributed by atoms with Crippen LogP contribution in [0, 0.1) is 10.1 Å². The highest BCUT2D eigenvalue weighted by molar-refractivity contribution is 7.89. The zero-order chi connectivity index (χ0) is 23.0. The van der Waals surface area contributed by atoms with Gasteiger partial charge < -0.3 is 14.2 Å². The predicted molar refractivity (Wildman–Crippen MR) is 115 cm³/mol. The Kier molecular flexibility index (Phi) is 6.30. The zero-order valence-electron chi connectivity index (χ0n) is 17.3. The average molecular weight is 471 g/mol. The Balaban J connectivity index is 1.69. The molecule has 31 heavy (non-hydrogen) atoms. The molecule has 3 rings (SSSR count). The molecular formula is C19H23ClN4O6S. The van der Waals surface area contributed by atoms with Crippen molar-refractivity contribution in [1.82, 2.24) is 9.62 Å². The number of halogens is 1. The van der Waals surface area contributed by atoms with Crippen molar-refractivity contribution in [2.75, 3.05) is 31.1 Å². The van der Waals surface area contributed by atoms with E-state index in [0.29, 0.717) is 31.9 Å². The minimum absolute atomic E-state index is 0.0831. The van der Waals surface area contributed by atoms with Crippen molar-refractivity contribution in [3.05, 3.63) is 51.2 Å². The van der Waals surface area contributed by atoms with Gasteiger partial charge in [-0.3, -0.25) is 14.9 Å². The maximum absolute atomic E-state index is 12.8. The van der Waals surface area contributed by atoms with Crippen LogP contribution in [0.2, 0.25) is 5.02 Å². The van der Waals surface area contributed by atoms with Gasteiger partial charge >= 0.3 is 0 Å². The van der Waals surface area contributed by atoms with Crippen LogP contribution in [0.1, 0.15) is 31.3 Å². The number of carbonyl (C=O) groups is 1. The third-order valence-corrected chi connectivity index (χ3v) is 6.40. The molecule has 0 radical (unpaired) electrons. The Morgan fingerprint density at radius 2 is 1.81 bits per heavy atom. The summed E-state index contributed by atoms with van der Waals surface area (Å²) in [5, 5.41) is 11.3. The molecule has 1 aliphatic rings. The molecule has 0 bridgehead atoms. The Labute approximate surface area is 185 Å². The van der Waals surface area contributed by atoms with E-state index in [-0.39, 0.29) is 21.6 Å². The van der Waals surface area contributed by atoms with Crippen molar-refractivity contribution in [2.45, 2.75) is 31.4 Å². The highest BCUT2D eigenvalue weighted by atomic mass is 35.5. The molecule has 1 saturated heterocycles. The number of nitrogens with zero attached hydrogens (tertiary/aromatic N) is 3. The normalized spacial score (nSPS) is 15.2. The summed E-state index contributed by atoms with van der Waals surface area (Å²) in [6, 6.07) is 7.04. The smallest absolute Gasteiger partial charge is 0.294 e. The molecule has 0 saturated carbocycles. The molecule has 1 N–H and O–H groups in total. The molecule has 0 unspecified atom stereocenters. The fraction of sp³-hybridized carbons (Fsp3) is 0.421. The highest BCUT2D eigenvalue weighted by Crippen LogP contribution is 2.31. The summed E-state index contributed by atoms with van der Waals surface area (Å²) in [6.45, 7) is 6.42. The highest BCUT2D eigenvalue weighted by Gasteiger charge is 2.30. The first-order chi connectivity index (χ1) is 14.4. The SMILES string of the molecule is CC(C)(C)NS(=O)(=O)c1ccc(C(=O)N2CCN(c3ccc(Cl)cc3[N+](=O)[O-])CC2)o1. The number of furan rings is 1. The minimum atomic E-state index is -3.89. The number of piperazine rings is 1.